The molecule has 7 heteroatoms. The summed E-state index contributed by atoms with van der Waals surface area (Å²) < 4.78 is 0. The number of pyridine rings is 1. The van der Waals surface area contributed by atoms with Crippen LogP contribution in [-0.2, 0) is 4.79 Å². The fraction of sp³-hybridized carbons (Fsp3) is 0.462. The van der Waals surface area contributed by atoms with Gasteiger partial charge in [-0.05, 0) is 25.8 Å². The molecule has 2 heterocycles. The van der Waals surface area contributed by atoms with Crippen LogP contribution in [0, 0.1) is 0 Å². The number of nitrogens with one attached hydrogen (secondary N) is 3. The standard InChI is InChI=1S/C13H17ClN4O2/c1-2-15-11-6-8(9(14)7-17-11)12(19)18-10-4-3-5-16-13(10)20/h6-7,10H,2-5H2,1H3,(H,15,17)(H,16,20)(H,18,19). The molecule has 0 radical (unpaired) electrons. The number of nitrogens with zero attached hydrogens (tertiary/aromatic N) is 1. The van der Waals surface area contributed by atoms with Gasteiger partial charge in [-0.3, -0.25) is 9.59 Å². The van der Waals surface area contributed by atoms with Crippen molar-refractivity contribution in [2.45, 2.75) is 25.8 Å². The summed E-state index contributed by atoms with van der Waals surface area (Å²) in [5.41, 5.74) is 0.316. The van der Waals surface area contributed by atoms with Gasteiger partial charge >= 0.3 is 0 Å². The first-order valence-corrected chi connectivity index (χ1v) is 6.97. The molecule has 0 bridgehead atoms. The van der Waals surface area contributed by atoms with Crippen LogP contribution in [0.2, 0.25) is 5.02 Å². The third-order valence-corrected chi connectivity index (χ3v) is 3.35. The van der Waals surface area contributed by atoms with Gasteiger partial charge in [0.15, 0.2) is 0 Å². The maximum Gasteiger partial charge on any atom is 0.253 e. The first-order chi connectivity index (χ1) is 9.61. The topological polar surface area (TPSA) is 83.1 Å². The first-order valence-electron chi connectivity index (χ1n) is 6.59. The molecular formula is C13H17ClN4O2. The molecule has 0 saturated carbocycles. The molecule has 1 unspecified atom stereocenters. The number of aromatic nitrogens is 1. The minimum absolute atomic E-state index is 0.151. The second kappa shape index (κ2) is 6.56. The lowest BCUT2D eigenvalue weighted by atomic mass is 10.1. The Hall–Kier alpha value is -1.82. The number of piperidine rings is 1. The molecule has 2 amide bonds. The fourth-order valence-electron chi connectivity index (χ4n) is 2.04. The van der Waals surface area contributed by atoms with E-state index in [1.54, 1.807) is 6.07 Å². The monoisotopic (exact) mass is 296 g/mol. The van der Waals surface area contributed by atoms with Crippen molar-refractivity contribution < 1.29 is 9.59 Å². The van der Waals surface area contributed by atoms with Crippen LogP contribution in [0.25, 0.3) is 0 Å². The highest BCUT2D eigenvalue weighted by Crippen LogP contribution is 2.18. The van der Waals surface area contributed by atoms with Crippen LogP contribution >= 0.6 is 11.6 Å². The van der Waals surface area contributed by atoms with E-state index in [-0.39, 0.29) is 16.8 Å². The second-order valence-electron chi connectivity index (χ2n) is 4.54. The average Bonchev–Trinajstić information content (AvgIpc) is 2.43. The van der Waals surface area contributed by atoms with Gasteiger partial charge in [0, 0.05) is 19.3 Å². The van der Waals surface area contributed by atoms with Crippen LogP contribution in [0.3, 0.4) is 0 Å². The number of halogens is 1. The van der Waals surface area contributed by atoms with Crippen LogP contribution < -0.4 is 16.0 Å². The smallest absolute Gasteiger partial charge is 0.253 e. The maximum atomic E-state index is 12.2. The van der Waals surface area contributed by atoms with E-state index in [2.05, 4.69) is 20.9 Å². The highest BCUT2D eigenvalue weighted by atomic mass is 35.5. The third kappa shape index (κ3) is 3.39. The summed E-state index contributed by atoms with van der Waals surface area (Å²) in [6.07, 6.45) is 2.92. The molecule has 1 aromatic heterocycles. The van der Waals surface area contributed by atoms with Crippen LogP contribution in [0.15, 0.2) is 12.3 Å². The number of hydrogen-bond acceptors (Lipinski definition) is 4. The normalized spacial score (nSPS) is 18.3. The van der Waals surface area contributed by atoms with Gasteiger partial charge in [-0.15, -0.1) is 0 Å². The summed E-state index contributed by atoms with van der Waals surface area (Å²) in [5, 5.41) is 8.71. The van der Waals surface area contributed by atoms with Crippen molar-refractivity contribution in [1.82, 2.24) is 15.6 Å². The first kappa shape index (κ1) is 14.6. The molecule has 108 valence electrons. The van der Waals surface area contributed by atoms with E-state index >= 15 is 0 Å². The van der Waals surface area contributed by atoms with Crippen LogP contribution in [0.4, 0.5) is 5.82 Å². The van der Waals surface area contributed by atoms with Gasteiger partial charge in [-0.2, -0.15) is 0 Å². The number of carbonyl (C=O) groups excluding carboxylic acids is 2. The number of carbonyl (C=O) groups is 2. The summed E-state index contributed by atoms with van der Waals surface area (Å²) in [7, 11) is 0. The molecule has 0 aliphatic carbocycles. The molecule has 1 atom stereocenters. The van der Waals surface area contributed by atoms with Crippen LogP contribution in [-0.4, -0.2) is 35.9 Å². The molecule has 2 rings (SSSR count). The van der Waals surface area contributed by atoms with E-state index in [1.807, 2.05) is 6.92 Å². The van der Waals surface area contributed by atoms with E-state index in [4.69, 9.17) is 11.6 Å². The Morgan fingerprint density at radius 2 is 2.40 bits per heavy atom. The lowest BCUT2D eigenvalue weighted by Gasteiger charge is -2.23. The SMILES string of the molecule is CCNc1cc(C(=O)NC2CCCNC2=O)c(Cl)cn1. The Morgan fingerprint density at radius 1 is 1.60 bits per heavy atom. The van der Waals surface area contributed by atoms with Gasteiger partial charge in [-0.1, -0.05) is 11.6 Å². The van der Waals surface area contributed by atoms with Crippen molar-refractivity contribution in [2.24, 2.45) is 0 Å². The summed E-state index contributed by atoms with van der Waals surface area (Å²) in [4.78, 5) is 27.9. The lowest BCUT2D eigenvalue weighted by molar-refractivity contribution is -0.124. The molecule has 1 fully saturated rings. The third-order valence-electron chi connectivity index (χ3n) is 3.05. The van der Waals surface area contributed by atoms with E-state index in [0.717, 1.165) is 6.42 Å². The van der Waals surface area contributed by atoms with Gasteiger partial charge in [0.05, 0.1) is 10.6 Å². The Balaban J connectivity index is 2.11. The zero-order chi connectivity index (χ0) is 14.5. The Labute approximate surface area is 122 Å². The summed E-state index contributed by atoms with van der Waals surface area (Å²) >= 11 is 5.99. The highest BCUT2D eigenvalue weighted by Gasteiger charge is 2.25. The summed E-state index contributed by atoms with van der Waals surface area (Å²) in [6.45, 7) is 3.29. The molecular weight excluding hydrogens is 280 g/mol. The quantitative estimate of drug-likeness (QED) is 0.779. The van der Waals surface area contributed by atoms with Gasteiger partial charge in [-0.25, -0.2) is 4.98 Å². The Bertz CT molecular complexity index is 521. The van der Waals surface area contributed by atoms with Gasteiger partial charge < -0.3 is 16.0 Å². The Kier molecular flexibility index (Phi) is 4.79. The molecule has 6 nitrogen and oxygen atoms in total. The maximum absolute atomic E-state index is 12.2. The van der Waals surface area contributed by atoms with E-state index < -0.39 is 6.04 Å². The van der Waals surface area contributed by atoms with Crippen molar-refractivity contribution >= 4 is 29.2 Å². The summed E-state index contributed by atoms with van der Waals surface area (Å²) in [5.74, 6) is 0.0652. The minimum Gasteiger partial charge on any atom is -0.370 e. The Morgan fingerprint density at radius 3 is 3.10 bits per heavy atom. The second-order valence-corrected chi connectivity index (χ2v) is 4.95. The van der Waals surface area contributed by atoms with E-state index in [0.29, 0.717) is 30.9 Å². The zero-order valence-corrected chi connectivity index (χ0v) is 12.0. The lowest BCUT2D eigenvalue weighted by Crippen LogP contribution is -2.50. The van der Waals surface area contributed by atoms with Gasteiger partial charge in [0.25, 0.3) is 5.91 Å². The number of anilines is 1. The van der Waals surface area contributed by atoms with Crippen LogP contribution in [0.5, 0.6) is 0 Å². The van der Waals surface area contributed by atoms with Crippen molar-refractivity contribution in [3.05, 3.63) is 22.8 Å². The van der Waals surface area contributed by atoms with Crippen molar-refractivity contribution in [1.29, 1.82) is 0 Å². The van der Waals surface area contributed by atoms with Crippen LogP contribution in [0.1, 0.15) is 30.1 Å². The number of hydrogen-bond donors (Lipinski definition) is 3. The predicted molar refractivity (Wildman–Crippen MR) is 76.9 cm³/mol. The summed E-state index contributed by atoms with van der Waals surface area (Å²) in [6, 6.07) is 1.09. The average molecular weight is 297 g/mol. The number of rotatable bonds is 4. The molecule has 1 saturated heterocycles. The number of amides is 2. The van der Waals surface area contributed by atoms with Crippen molar-refractivity contribution in [2.75, 3.05) is 18.4 Å². The zero-order valence-electron chi connectivity index (χ0n) is 11.2. The molecule has 1 aromatic rings. The van der Waals surface area contributed by atoms with Gasteiger partial charge in [0.1, 0.15) is 11.9 Å². The molecule has 20 heavy (non-hydrogen) atoms. The predicted octanol–water partition coefficient (Wildman–Crippen LogP) is 1.18. The highest BCUT2D eigenvalue weighted by molar-refractivity contribution is 6.33. The molecule has 0 spiro atoms. The molecule has 1 aliphatic rings. The molecule has 0 aromatic carbocycles. The van der Waals surface area contributed by atoms with E-state index in [1.165, 1.54) is 6.20 Å². The van der Waals surface area contributed by atoms with Crippen molar-refractivity contribution in [3.63, 3.8) is 0 Å². The van der Waals surface area contributed by atoms with Gasteiger partial charge in [0.2, 0.25) is 5.91 Å². The molecule has 1 aliphatic heterocycles. The largest absolute Gasteiger partial charge is 0.370 e. The minimum atomic E-state index is -0.497. The fourth-order valence-corrected chi connectivity index (χ4v) is 2.23. The van der Waals surface area contributed by atoms with E-state index in [9.17, 15) is 9.59 Å². The molecule has 3 N–H and O–H groups in total. The van der Waals surface area contributed by atoms with Crippen molar-refractivity contribution in [3.8, 4) is 0 Å².